The van der Waals surface area contributed by atoms with Crippen LogP contribution in [0.4, 0.5) is 0 Å². The van der Waals surface area contributed by atoms with Crippen LogP contribution in [0.3, 0.4) is 0 Å². The summed E-state index contributed by atoms with van der Waals surface area (Å²) >= 11 is 0. The van der Waals surface area contributed by atoms with Crippen LogP contribution in [-0.4, -0.2) is 36.7 Å². The third-order valence-electron chi connectivity index (χ3n) is 3.05. The van der Waals surface area contributed by atoms with Gasteiger partial charge in [-0.05, 0) is 19.9 Å². The van der Waals surface area contributed by atoms with Crippen molar-refractivity contribution in [1.82, 2.24) is 15.3 Å². The molecule has 98 valence electrons. The van der Waals surface area contributed by atoms with Crippen molar-refractivity contribution in [2.45, 2.75) is 26.0 Å². The fraction of sp³-hybridized carbons (Fsp3) is 0.583. The van der Waals surface area contributed by atoms with Gasteiger partial charge in [-0.3, -0.25) is 0 Å². The Morgan fingerprint density at radius 2 is 2.17 bits per heavy atom. The van der Waals surface area contributed by atoms with Gasteiger partial charge in [-0.15, -0.1) is 0 Å². The predicted molar refractivity (Wildman–Crippen MR) is 64.2 cm³/mol. The van der Waals surface area contributed by atoms with Gasteiger partial charge in [0.1, 0.15) is 6.10 Å². The van der Waals surface area contributed by atoms with Crippen molar-refractivity contribution in [2.24, 2.45) is 0 Å². The Morgan fingerprint density at radius 1 is 1.39 bits per heavy atom. The second-order valence-corrected chi connectivity index (χ2v) is 4.15. The van der Waals surface area contributed by atoms with Crippen LogP contribution in [0.5, 0.6) is 0 Å². The molecule has 2 rings (SSSR count). The summed E-state index contributed by atoms with van der Waals surface area (Å²) in [6.07, 6.45) is 0.488. The van der Waals surface area contributed by atoms with Crippen molar-refractivity contribution in [2.75, 3.05) is 20.8 Å². The maximum absolute atomic E-state index is 11.8. The van der Waals surface area contributed by atoms with E-state index in [9.17, 15) is 4.79 Å². The van der Waals surface area contributed by atoms with E-state index in [1.807, 2.05) is 6.92 Å². The van der Waals surface area contributed by atoms with E-state index in [0.717, 1.165) is 24.2 Å². The van der Waals surface area contributed by atoms with Crippen LogP contribution < -0.4 is 5.32 Å². The van der Waals surface area contributed by atoms with Crippen LogP contribution in [0.25, 0.3) is 0 Å². The third kappa shape index (κ3) is 2.34. The van der Waals surface area contributed by atoms with Crippen molar-refractivity contribution in [3.05, 3.63) is 22.8 Å². The molecular weight excluding hydrogens is 234 g/mol. The summed E-state index contributed by atoms with van der Waals surface area (Å²) < 4.78 is 9.98. The van der Waals surface area contributed by atoms with Crippen molar-refractivity contribution in [3.8, 4) is 0 Å². The summed E-state index contributed by atoms with van der Waals surface area (Å²) in [5.41, 5.74) is 2.10. The SMILES string of the molecule is COC(=O)c1nc(C(C)OC)nc2c1CCNC2. The van der Waals surface area contributed by atoms with E-state index in [1.165, 1.54) is 7.11 Å². The number of aromatic nitrogens is 2. The molecule has 0 radical (unpaired) electrons. The highest BCUT2D eigenvalue weighted by atomic mass is 16.5. The van der Waals surface area contributed by atoms with Crippen LogP contribution in [0, 0.1) is 0 Å². The molecule has 1 aliphatic heterocycles. The van der Waals surface area contributed by atoms with Gasteiger partial charge in [-0.2, -0.15) is 0 Å². The summed E-state index contributed by atoms with van der Waals surface area (Å²) in [5.74, 6) is 0.0976. The molecule has 0 saturated carbocycles. The van der Waals surface area contributed by atoms with Crippen LogP contribution >= 0.6 is 0 Å². The Bertz CT molecular complexity index is 462. The first kappa shape index (κ1) is 12.9. The molecule has 6 heteroatoms. The Hall–Kier alpha value is -1.53. The minimum absolute atomic E-state index is 0.249. The Labute approximate surface area is 106 Å². The predicted octanol–water partition coefficient (Wildman–Crippen LogP) is 0.616. The first-order valence-electron chi connectivity index (χ1n) is 5.89. The molecular formula is C12H17N3O3. The van der Waals surface area contributed by atoms with Crippen LogP contribution in [0.1, 0.15) is 40.6 Å². The van der Waals surface area contributed by atoms with E-state index in [2.05, 4.69) is 15.3 Å². The van der Waals surface area contributed by atoms with E-state index < -0.39 is 5.97 Å². The largest absolute Gasteiger partial charge is 0.464 e. The van der Waals surface area contributed by atoms with E-state index in [4.69, 9.17) is 9.47 Å². The molecule has 1 aromatic rings. The Morgan fingerprint density at radius 3 is 2.83 bits per heavy atom. The molecule has 0 spiro atoms. The topological polar surface area (TPSA) is 73.3 Å². The first-order valence-corrected chi connectivity index (χ1v) is 5.89. The van der Waals surface area contributed by atoms with Crippen molar-refractivity contribution >= 4 is 5.97 Å². The molecule has 1 unspecified atom stereocenters. The maximum Gasteiger partial charge on any atom is 0.357 e. The number of carbonyl (C=O) groups is 1. The Kier molecular flexibility index (Phi) is 3.88. The standard InChI is InChI=1S/C12H17N3O3/c1-7(17-2)11-14-9-6-13-5-4-8(9)10(15-11)12(16)18-3/h7,13H,4-6H2,1-3H3. The number of esters is 1. The van der Waals surface area contributed by atoms with Gasteiger partial charge >= 0.3 is 5.97 Å². The van der Waals surface area contributed by atoms with Gasteiger partial charge in [0.2, 0.25) is 0 Å². The number of hydrogen-bond donors (Lipinski definition) is 1. The van der Waals surface area contributed by atoms with Gasteiger partial charge in [0.05, 0.1) is 12.8 Å². The quantitative estimate of drug-likeness (QED) is 0.794. The first-order chi connectivity index (χ1) is 8.67. The number of carbonyl (C=O) groups excluding carboxylic acids is 1. The molecule has 0 amide bonds. The van der Waals surface area contributed by atoms with Crippen molar-refractivity contribution in [3.63, 3.8) is 0 Å². The number of nitrogens with one attached hydrogen (secondary N) is 1. The molecule has 1 aliphatic rings. The average Bonchev–Trinajstić information content (AvgIpc) is 2.44. The van der Waals surface area contributed by atoms with Crippen LogP contribution in [-0.2, 0) is 22.4 Å². The highest BCUT2D eigenvalue weighted by Gasteiger charge is 2.24. The fourth-order valence-electron chi connectivity index (χ4n) is 1.93. The van der Waals surface area contributed by atoms with Gasteiger partial charge in [-0.1, -0.05) is 0 Å². The minimum atomic E-state index is -0.417. The Balaban J connectivity index is 2.51. The molecule has 0 fully saturated rings. The lowest BCUT2D eigenvalue weighted by Gasteiger charge is -2.20. The zero-order chi connectivity index (χ0) is 13.1. The van der Waals surface area contributed by atoms with E-state index in [0.29, 0.717) is 18.1 Å². The number of ether oxygens (including phenoxy) is 2. The highest BCUT2D eigenvalue weighted by molar-refractivity contribution is 5.89. The summed E-state index contributed by atoms with van der Waals surface area (Å²) in [7, 11) is 2.95. The van der Waals surface area contributed by atoms with Gasteiger partial charge < -0.3 is 14.8 Å². The summed E-state index contributed by atoms with van der Waals surface area (Å²) in [6, 6.07) is 0. The smallest absolute Gasteiger partial charge is 0.357 e. The maximum atomic E-state index is 11.8. The number of hydrogen-bond acceptors (Lipinski definition) is 6. The average molecular weight is 251 g/mol. The van der Waals surface area contributed by atoms with Gasteiger partial charge in [0.15, 0.2) is 11.5 Å². The second-order valence-electron chi connectivity index (χ2n) is 4.15. The second kappa shape index (κ2) is 5.41. The molecule has 1 N–H and O–H groups in total. The molecule has 18 heavy (non-hydrogen) atoms. The molecule has 1 aromatic heterocycles. The van der Waals surface area contributed by atoms with Gasteiger partial charge in [0, 0.05) is 19.2 Å². The molecule has 6 nitrogen and oxygen atoms in total. The van der Waals surface area contributed by atoms with Crippen molar-refractivity contribution in [1.29, 1.82) is 0 Å². The number of methoxy groups -OCH3 is 2. The normalized spacial score (nSPS) is 15.9. The van der Waals surface area contributed by atoms with Crippen molar-refractivity contribution < 1.29 is 14.3 Å². The fourth-order valence-corrected chi connectivity index (χ4v) is 1.93. The van der Waals surface area contributed by atoms with Crippen LogP contribution in [0.15, 0.2) is 0 Å². The minimum Gasteiger partial charge on any atom is -0.464 e. The number of nitrogens with zero attached hydrogens (tertiary/aromatic N) is 2. The lowest BCUT2D eigenvalue weighted by atomic mass is 10.0. The lowest BCUT2D eigenvalue weighted by Crippen LogP contribution is -2.29. The molecule has 2 heterocycles. The van der Waals surface area contributed by atoms with Crippen LogP contribution in [0.2, 0.25) is 0 Å². The molecule has 1 atom stereocenters. The summed E-state index contributed by atoms with van der Waals surface area (Å²) in [6.45, 7) is 3.31. The number of rotatable bonds is 3. The summed E-state index contributed by atoms with van der Waals surface area (Å²) in [4.78, 5) is 20.5. The highest BCUT2D eigenvalue weighted by Crippen LogP contribution is 2.20. The number of fused-ring (bicyclic) bond motifs is 1. The lowest BCUT2D eigenvalue weighted by molar-refractivity contribution is 0.0588. The zero-order valence-corrected chi connectivity index (χ0v) is 10.8. The third-order valence-corrected chi connectivity index (χ3v) is 3.05. The van der Waals surface area contributed by atoms with E-state index in [-0.39, 0.29) is 6.10 Å². The monoisotopic (exact) mass is 251 g/mol. The van der Waals surface area contributed by atoms with Gasteiger partial charge in [0.25, 0.3) is 0 Å². The molecule has 0 saturated heterocycles. The zero-order valence-electron chi connectivity index (χ0n) is 10.8. The molecule has 0 bridgehead atoms. The van der Waals surface area contributed by atoms with E-state index in [1.54, 1.807) is 7.11 Å². The summed E-state index contributed by atoms with van der Waals surface area (Å²) in [5, 5.41) is 3.23. The van der Waals surface area contributed by atoms with Gasteiger partial charge in [-0.25, -0.2) is 14.8 Å². The molecule has 0 aliphatic carbocycles. The molecule has 0 aromatic carbocycles. The van der Waals surface area contributed by atoms with E-state index >= 15 is 0 Å².